The first kappa shape index (κ1) is 25.8. The number of methoxy groups -OCH3 is 4. The summed E-state index contributed by atoms with van der Waals surface area (Å²) < 4.78 is 21.0. The van der Waals surface area contributed by atoms with E-state index in [1.54, 1.807) is 24.3 Å². The Bertz CT molecular complexity index is 1290. The van der Waals surface area contributed by atoms with Crippen LogP contribution in [0.4, 0.5) is 0 Å². The van der Waals surface area contributed by atoms with E-state index in [-0.39, 0.29) is 0 Å². The van der Waals surface area contributed by atoms with Gasteiger partial charge in [0.1, 0.15) is 22.6 Å². The molecule has 0 aliphatic rings. The average Bonchev–Trinajstić information content (AvgIpc) is 2.90. The molecule has 3 aromatic carbocycles. The Morgan fingerprint density at radius 3 is 1.49 bits per heavy atom. The van der Waals surface area contributed by atoms with E-state index in [9.17, 15) is 9.59 Å². The van der Waals surface area contributed by atoms with Crippen molar-refractivity contribution in [3.05, 3.63) is 92.5 Å². The van der Waals surface area contributed by atoms with Gasteiger partial charge in [-0.3, -0.25) is 0 Å². The van der Waals surface area contributed by atoms with Crippen molar-refractivity contribution < 1.29 is 28.5 Å². The predicted molar refractivity (Wildman–Crippen MR) is 141 cm³/mol. The fourth-order valence-corrected chi connectivity index (χ4v) is 3.89. The minimum atomic E-state index is -0.454. The summed E-state index contributed by atoms with van der Waals surface area (Å²) in [5.41, 5.74) is 4.35. The highest BCUT2D eigenvalue weighted by Gasteiger charge is 2.13. The van der Waals surface area contributed by atoms with Gasteiger partial charge in [-0.15, -0.1) is 0 Å². The first-order valence-corrected chi connectivity index (χ1v) is 11.4. The van der Waals surface area contributed by atoms with Crippen molar-refractivity contribution in [2.45, 2.75) is 0 Å². The Kier molecular flexibility index (Phi) is 8.86. The molecule has 6 nitrogen and oxygen atoms in total. The fourth-order valence-electron chi connectivity index (χ4n) is 3.36. The zero-order valence-electron chi connectivity index (χ0n) is 19.8. The lowest BCUT2D eigenvalue weighted by atomic mass is 10.1. The van der Waals surface area contributed by atoms with Crippen LogP contribution in [0.1, 0.15) is 43.0 Å². The summed E-state index contributed by atoms with van der Waals surface area (Å²) in [6.45, 7) is 0. The highest BCUT2D eigenvalue weighted by atomic mass is 79.9. The Morgan fingerprint density at radius 2 is 1.06 bits per heavy atom. The van der Waals surface area contributed by atoms with Gasteiger partial charge in [-0.2, -0.15) is 0 Å². The molecule has 0 spiro atoms. The molecule has 7 heteroatoms. The van der Waals surface area contributed by atoms with Crippen LogP contribution in [0, 0.1) is 0 Å². The number of ether oxygens (including phenoxy) is 4. The number of benzene rings is 3. The maximum absolute atomic E-state index is 12.0. The Balaban J connectivity index is 1.80. The Hall–Kier alpha value is -3.84. The van der Waals surface area contributed by atoms with Crippen LogP contribution < -0.4 is 9.47 Å². The minimum Gasteiger partial charge on any atom is -0.496 e. The number of hydrogen-bond acceptors (Lipinski definition) is 6. The van der Waals surface area contributed by atoms with Crippen molar-refractivity contribution in [3.63, 3.8) is 0 Å². The van der Waals surface area contributed by atoms with Gasteiger partial charge >= 0.3 is 11.9 Å². The second-order valence-electron chi connectivity index (χ2n) is 7.35. The SMILES string of the molecule is COC(=O)c1cc(/C=C\c2ccc(/C=C/c3ccc(OC)c(C(=O)OC)c3)c(Br)c2)ccc1OC. The van der Waals surface area contributed by atoms with Gasteiger partial charge < -0.3 is 18.9 Å². The zero-order valence-corrected chi connectivity index (χ0v) is 21.4. The maximum Gasteiger partial charge on any atom is 0.341 e. The summed E-state index contributed by atoms with van der Waals surface area (Å²) in [5.74, 6) is 0.0156. The summed E-state index contributed by atoms with van der Waals surface area (Å²) in [5, 5.41) is 0. The van der Waals surface area contributed by atoms with Gasteiger partial charge in [0.15, 0.2) is 0 Å². The number of carbonyl (C=O) groups is 2. The van der Waals surface area contributed by atoms with Gasteiger partial charge in [0.2, 0.25) is 0 Å². The van der Waals surface area contributed by atoms with Gasteiger partial charge in [-0.05, 0) is 52.6 Å². The van der Waals surface area contributed by atoms with Gasteiger partial charge in [-0.1, -0.05) is 64.5 Å². The lowest BCUT2D eigenvalue weighted by Gasteiger charge is -2.08. The highest BCUT2D eigenvalue weighted by molar-refractivity contribution is 9.10. The lowest BCUT2D eigenvalue weighted by molar-refractivity contribution is 0.0588. The number of carbonyl (C=O) groups excluding carboxylic acids is 2. The summed E-state index contributed by atoms with van der Waals surface area (Å²) in [6.07, 6.45) is 7.72. The van der Waals surface area contributed by atoms with E-state index in [0.29, 0.717) is 22.6 Å². The van der Waals surface area contributed by atoms with Crippen molar-refractivity contribution in [1.82, 2.24) is 0 Å². The summed E-state index contributed by atoms with van der Waals surface area (Å²) in [4.78, 5) is 24.0. The fraction of sp³-hybridized carbons (Fsp3) is 0.143. The smallest absolute Gasteiger partial charge is 0.341 e. The second kappa shape index (κ2) is 12.0. The predicted octanol–water partition coefficient (Wildman–Crippen LogP) is 6.38. The molecule has 0 radical (unpaired) electrons. The largest absolute Gasteiger partial charge is 0.496 e. The molecule has 0 saturated carbocycles. The van der Waals surface area contributed by atoms with Gasteiger partial charge in [0, 0.05) is 4.47 Å². The normalized spacial score (nSPS) is 11.0. The van der Waals surface area contributed by atoms with Crippen LogP contribution in [0.25, 0.3) is 24.3 Å². The molecular weight excluding hydrogens is 512 g/mol. The molecule has 0 atom stereocenters. The maximum atomic E-state index is 12.0. The molecule has 0 N–H and O–H groups in total. The number of halogens is 1. The zero-order chi connectivity index (χ0) is 25.4. The first-order valence-electron chi connectivity index (χ1n) is 10.6. The topological polar surface area (TPSA) is 71.1 Å². The van der Waals surface area contributed by atoms with Crippen LogP contribution >= 0.6 is 15.9 Å². The van der Waals surface area contributed by atoms with E-state index >= 15 is 0 Å². The van der Waals surface area contributed by atoms with E-state index < -0.39 is 11.9 Å². The molecule has 0 bridgehead atoms. The summed E-state index contributed by atoms with van der Waals surface area (Å²) in [6, 6.07) is 16.6. The monoisotopic (exact) mass is 536 g/mol. The van der Waals surface area contributed by atoms with E-state index in [2.05, 4.69) is 15.9 Å². The summed E-state index contributed by atoms with van der Waals surface area (Å²) >= 11 is 3.62. The molecule has 0 aliphatic heterocycles. The molecule has 0 aliphatic carbocycles. The van der Waals surface area contributed by atoms with E-state index in [1.807, 2.05) is 54.6 Å². The van der Waals surface area contributed by atoms with Crippen molar-refractivity contribution >= 4 is 52.2 Å². The van der Waals surface area contributed by atoms with Crippen LogP contribution in [0.2, 0.25) is 0 Å². The van der Waals surface area contributed by atoms with E-state index in [1.165, 1.54) is 28.4 Å². The quantitative estimate of drug-likeness (QED) is 0.245. The van der Waals surface area contributed by atoms with Crippen LogP contribution in [0.5, 0.6) is 11.5 Å². The molecule has 3 rings (SSSR count). The number of rotatable bonds is 8. The highest BCUT2D eigenvalue weighted by Crippen LogP contribution is 2.26. The van der Waals surface area contributed by atoms with Gasteiger partial charge in [-0.25, -0.2) is 9.59 Å². The molecular formula is C28H25BrO6. The molecule has 0 unspecified atom stereocenters. The first-order chi connectivity index (χ1) is 16.9. The molecule has 0 heterocycles. The third-order valence-electron chi connectivity index (χ3n) is 5.21. The average molecular weight is 537 g/mol. The molecule has 35 heavy (non-hydrogen) atoms. The standard InChI is InChI=1S/C28H25BrO6/c1-32-25-13-9-18(15-22(25)27(30)34-3)5-6-20-8-12-21(24(29)17-20)11-7-19-10-14-26(33-2)23(16-19)28(31)35-4/h5-17H,1-4H3/b6-5-,11-7+. The molecule has 0 amide bonds. The van der Waals surface area contributed by atoms with Crippen molar-refractivity contribution in [2.75, 3.05) is 28.4 Å². The second-order valence-corrected chi connectivity index (χ2v) is 8.20. The van der Waals surface area contributed by atoms with Crippen LogP contribution in [-0.2, 0) is 9.47 Å². The van der Waals surface area contributed by atoms with Crippen LogP contribution in [-0.4, -0.2) is 40.4 Å². The third kappa shape index (κ3) is 6.39. The molecule has 0 fully saturated rings. The van der Waals surface area contributed by atoms with Crippen LogP contribution in [0.3, 0.4) is 0 Å². The summed E-state index contributed by atoms with van der Waals surface area (Å²) in [7, 11) is 5.70. The number of hydrogen-bond donors (Lipinski definition) is 0. The van der Waals surface area contributed by atoms with Gasteiger partial charge in [0.05, 0.1) is 28.4 Å². The minimum absolute atomic E-state index is 0.366. The van der Waals surface area contributed by atoms with Gasteiger partial charge in [0.25, 0.3) is 0 Å². The van der Waals surface area contributed by atoms with Crippen molar-refractivity contribution in [1.29, 1.82) is 0 Å². The molecule has 3 aromatic rings. The molecule has 180 valence electrons. The van der Waals surface area contributed by atoms with E-state index in [4.69, 9.17) is 18.9 Å². The Morgan fingerprint density at radius 1 is 0.629 bits per heavy atom. The van der Waals surface area contributed by atoms with E-state index in [0.717, 1.165) is 26.7 Å². The van der Waals surface area contributed by atoms with Crippen LogP contribution in [0.15, 0.2) is 59.1 Å². The lowest BCUT2D eigenvalue weighted by Crippen LogP contribution is -2.04. The molecule has 0 saturated heterocycles. The Labute approximate surface area is 212 Å². The van der Waals surface area contributed by atoms with Crippen molar-refractivity contribution in [2.24, 2.45) is 0 Å². The number of esters is 2. The van der Waals surface area contributed by atoms with Crippen molar-refractivity contribution in [3.8, 4) is 11.5 Å². The third-order valence-corrected chi connectivity index (χ3v) is 5.89. The molecule has 0 aromatic heterocycles.